The van der Waals surface area contributed by atoms with E-state index in [2.05, 4.69) is 26.2 Å². The lowest BCUT2D eigenvalue weighted by Gasteiger charge is -2.35. The first kappa shape index (κ1) is 16.5. The number of morpholine rings is 1. The summed E-state index contributed by atoms with van der Waals surface area (Å²) in [5.41, 5.74) is 0.0445. The quantitative estimate of drug-likeness (QED) is 0.657. The minimum absolute atomic E-state index is 0.0349. The summed E-state index contributed by atoms with van der Waals surface area (Å²) < 4.78 is 6.46. The first-order valence-electron chi connectivity index (χ1n) is 6.92. The van der Waals surface area contributed by atoms with Gasteiger partial charge in [-0.05, 0) is 26.0 Å². The largest absolute Gasteiger partial charge is 0.372 e. The van der Waals surface area contributed by atoms with E-state index in [9.17, 15) is 10.1 Å². The fourth-order valence-electron chi connectivity index (χ4n) is 2.29. The van der Waals surface area contributed by atoms with Crippen LogP contribution in [-0.2, 0) is 9.53 Å². The van der Waals surface area contributed by atoms with Gasteiger partial charge in [-0.1, -0.05) is 15.9 Å². The van der Waals surface area contributed by atoms with Crippen LogP contribution in [0.2, 0.25) is 0 Å². The molecule has 6 nitrogen and oxygen atoms in total. The van der Waals surface area contributed by atoms with Gasteiger partial charge >= 0.3 is 0 Å². The topological polar surface area (TPSA) is 78.3 Å². The molecule has 0 radical (unpaired) electrons. The zero-order valence-corrected chi connectivity index (χ0v) is 14.0. The molecule has 1 saturated heterocycles. The van der Waals surface area contributed by atoms with Crippen molar-refractivity contribution in [2.24, 2.45) is 0 Å². The van der Waals surface area contributed by atoms with Gasteiger partial charge in [-0.3, -0.25) is 4.79 Å². The van der Waals surface area contributed by atoms with Crippen molar-refractivity contribution >= 4 is 27.7 Å². The third-order valence-corrected chi connectivity index (χ3v) is 3.64. The highest BCUT2D eigenvalue weighted by atomic mass is 79.9. The summed E-state index contributed by atoms with van der Waals surface area (Å²) in [4.78, 5) is 18.2. The van der Waals surface area contributed by atoms with E-state index in [1.54, 1.807) is 23.2 Å². The first-order valence-corrected chi connectivity index (χ1v) is 7.72. The molecular formula is C15H17BrN4O2. The Morgan fingerprint density at radius 1 is 1.55 bits per heavy atom. The molecule has 0 bridgehead atoms. The molecule has 1 aliphatic heterocycles. The highest BCUT2D eigenvalue weighted by Crippen LogP contribution is 2.15. The number of hydrogen-bond donors (Lipinski definition) is 1. The first-order chi connectivity index (χ1) is 10.5. The third kappa shape index (κ3) is 4.29. The molecule has 22 heavy (non-hydrogen) atoms. The van der Waals surface area contributed by atoms with Gasteiger partial charge in [-0.2, -0.15) is 5.26 Å². The van der Waals surface area contributed by atoms with E-state index in [1.165, 1.54) is 6.20 Å². The Labute approximate surface area is 137 Å². The fraction of sp³-hybridized carbons (Fsp3) is 0.400. The standard InChI is InChI=1S/C15H17BrN4O2/c1-10-8-20(9-11(2)22-10)15(21)12(6-17)7-19-14-5-13(16)3-4-18-14/h3-5,7,10-11H,8-9H2,1-2H3,(H,18,19)/b12-7-. The van der Waals surface area contributed by atoms with Crippen molar-refractivity contribution in [3.63, 3.8) is 0 Å². The number of aromatic nitrogens is 1. The number of nitrogens with one attached hydrogen (secondary N) is 1. The van der Waals surface area contributed by atoms with Crippen molar-refractivity contribution in [3.05, 3.63) is 34.6 Å². The Hall–Kier alpha value is -1.91. The molecule has 2 unspecified atom stereocenters. The summed E-state index contributed by atoms with van der Waals surface area (Å²) in [5.74, 6) is 0.255. The predicted molar refractivity (Wildman–Crippen MR) is 85.8 cm³/mol. The summed E-state index contributed by atoms with van der Waals surface area (Å²) >= 11 is 3.34. The van der Waals surface area contributed by atoms with E-state index in [0.29, 0.717) is 18.9 Å². The highest BCUT2D eigenvalue weighted by Gasteiger charge is 2.27. The SMILES string of the molecule is CC1CN(C(=O)/C(C#N)=C\Nc2cc(Br)ccn2)CC(C)O1. The maximum atomic E-state index is 12.4. The van der Waals surface area contributed by atoms with Gasteiger partial charge < -0.3 is 15.0 Å². The second kappa shape index (κ2) is 7.38. The average molecular weight is 365 g/mol. The van der Waals surface area contributed by atoms with Gasteiger partial charge in [0, 0.05) is 30.0 Å². The second-order valence-corrected chi connectivity index (χ2v) is 6.06. The molecule has 1 aromatic rings. The number of anilines is 1. The molecular weight excluding hydrogens is 348 g/mol. The van der Waals surface area contributed by atoms with E-state index < -0.39 is 0 Å². The van der Waals surface area contributed by atoms with E-state index >= 15 is 0 Å². The number of nitrogens with zero attached hydrogens (tertiary/aromatic N) is 3. The lowest BCUT2D eigenvalue weighted by molar-refractivity contribution is -0.138. The van der Waals surface area contributed by atoms with Gasteiger partial charge in [-0.25, -0.2) is 4.98 Å². The minimum atomic E-state index is -0.299. The number of pyridine rings is 1. The molecule has 0 aliphatic carbocycles. The molecule has 1 N–H and O–H groups in total. The molecule has 1 aliphatic rings. The van der Waals surface area contributed by atoms with Crippen molar-refractivity contribution in [2.75, 3.05) is 18.4 Å². The van der Waals surface area contributed by atoms with E-state index in [1.807, 2.05) is 19.9 Å². The van der Waals surface area contributed by atoms with E-state index in [4.69, 9.17) is 4.74 Å². The Balaban J connectivity index is 2.08. The second-order valence-electron chi connectivity index (χ2n) is 5.14. The number of carbonyl (C=O) groups is 1. The van der Waals surface area contributed by atoms with Crippen LogP contribution in [0.5, 0.6) is 0 Å². The maximum absolute atomic E-state index is 12.4. The monoisotopic (exact) mass is 364 g/mol. The van der Waals surface area contributed by atoms with Gasteiger partial charge in [0.2, 0.25) is 0 Å². The number of amides is 1. The third-order valence-electron chi connectivity index (χ3n) is 3.14. The van der Waals surface area contributed by atoms with Crippen molar-refractivity contribution < 1.29 is 9.53 Å². The van der Waals surface area contributed by atoms with Gasteiger partial charge in [0.15, 0.2) is 0 Å². The Bertz CT molecular complexity index is 616. The molecule has 0 aromatic carbocycles. The smallest absolute Gasteiger partial charge is 0.266 e. The number of ether oxygens (including phenoxy) is 1. The van der Waals surface area contributed by atoms with Gasteiger partial charge in [0.25, 0.3) is 5.91 Å². The van der Waals surface area contributed by atoms with Crippen LogP contribution in [0.4, 0.5) is 5.82 Å². The van der Waals surface area contributed by atoms with Gasteiger partial charge in [0.1, 0.15) is 17.5 Å². The van der Waals surface area contributed by atoms with Crippen LogP contribution in [0, 0.1) is 11.3 Å². The number of carbonyl (C=O) groups excluding carboxylic acids is 1. The number of nitriles is 1. The minimum Gasteiger partial charge on any atom is -0.372 e. The predicted octanol–water partition coefficient (Wildman–Crippen LogP) is 2.30. The summed E-state index contributed by atoms with van der Waals surface area (Å²) in [6, 6.07) is 5.49. The average Bonchev–Trinajstić information content (AvgIpc) is 2.46. The number of hydrogen-bond acceptors (Lipinski definition) is 5. The Morgan fingerprint density at radius 3 is 2.82 bits per heavy atom. The molecule has 116 valence electrons. The molecule has 1 amide bonds. The number of rotatable bonds is 3. The lowest BCUT2D eigenvalue weighted by Crippen LogP contribution is -2.48. The summed E-state index contributed by atoms with van der Waals surface area (Å²) in [6.07, 6.45) is 2.95. The summed E-state index contributed by atoms with van der Waals surface area (Å²) in [5, 5.41) is 12.1. The van der Waals surface area contributed by atoms with E-state index in [0.717, 1.165) is 4.47 Å². The van der Waals surface area contributed by atoms with E-state index in [-0.39, 0.29) is 23.7 Å². The maximum Gasteiger partial charge on any atom is 0.266 e. The van der Waals surface area contributed by atoms with Crippen LogP contribution in [0.3, 0.4) is 0 Å². The van der Waals surface area contributed by atoms with Crippen molar-refractivity contribution in [1.29, 1.82) is 5.26 Å². The lowest BCUT2D eigenvalue weighted by atomic mass is 10.2. The highest BCUT2D eigenvalue weighted by molar-refractivity contribution is 9.10. The van der Waals surface area contributed by atoms with Gasteiger partial charge in [-0.15, -0.1) is 0 Å². The molecule has 1 aromatic heterocycles. The molecule has 7 heteroatoms. The fourth-order valence-corrected chi connectivity index (χ4v) is 2.62. The van der Waals surface area contributed by atoms with Crippen LogP contribution < -0.4 is 5.32 Å². The van der Waals surface area contributed by atoms with Crippen molar-refractivity contribution in [1.82, 2.24) is 9.88 Å². The molecule has 0 saturated carbocycles. The van der Waals surface area contributed by atoms with Crippen molar-refractivity contribution in [2.45, 2.75) is 26.1 Å². The summed E-state index contributed by atoms with van der Waals surface area (Å²) in [6.45, 7) is 4.79. The summed E-state index contributed by atoms with van der Waals surface area (Å²) in [7, 11) is 0. The molecule has 2 heterocycles. The normalized spacial score (nSPS) is 22.1. The van der Waals surface area contributed by atoms with Gasteiger partial charge in [0.05, 0.1) is 12.2 Å². The molecule has 2 rings (SSSR count). The number of halogens is 1. The van der Waals surface area contributed by atoms with Crippen LogP contribution >= 0.6 is 15.9 Å². The zero-order chi connectivity index (χ0) is 16.1. The van der Waals surface area contributed by atoms with Crippen LogP contribution in [0.25, 0.3) is 0 Å². The molecule has 0 spiro atoms. The van der Waals surface area contributed by atoms with Crippen molar-refractivity contribution in [3.8, 4) is 6.07 Å². The van der Waals surface area contributed by atoms with Crippen LogP contribution in [-0.4, -0.2) is 41.1 Å². The molecule has 2 atom stereocenters. The molecule has 1 fully saturated rings. The zero-order valence-electron chi connectivity index (χ0n) is 12.4. The Morgan fingerprint density at radius 2 is 2.23 bits per heavy atom. The Kier molecular flexibility index (Phi) is 5.52. The van der Waals surface area contributed by atoms with Crippen LogP contribution in [0.15, 0.2) is 34.6 Å². The van der Waals surface area contributed by atoms with Crippen LogP contribution in [0.1, 0.15) is 13.8 Å².